The molecule has 8 nitrogen and oxygen atoms in total. The number of hydrogen-bond acceptors (Lipinski definition) is 7. The Morgan fingerprint density at radius 1 is 1.03 bits per heavy atom. The van der Waals surface area contributed by atoms with Gasteiger partial charge < -0.3 is 10.1 Å². The zero-order valence-electron chi connectivity index (χ0n) is 17.6. The Hall–Kier alpha value is -3.55. The van der Waals surface area contributed by atoms with E-state index in [0.717, 1.165) is 33.5 Å². The Kier molecular flexibility index (Phi) is 5.56. The lowest BCUT2D eigenvalue weighted by Gasteiger charge is -2.16. The minimum Gasteiger partial charge on any atom is -0.478 e. The quantitative estimate of drug-likeness (QED) is 0.499. The molecule has 154 valence electrons. The fraction of sp³-hybridized carbons (Fsp3) is 0.318. The average molecular weight is 403 g/mol. The Morgan fingerprint density at radius 2 is 1.80 bits per heavy atom. The van der Waals surface area contributed by atoms with Crippen LogP contribution in [0.25, 0.3) is 22.2 Å². The van der Waals surface area contributed by atoms with E-state index >= 15 is 0 Å². The van der Waals surface area contributed by atoms with Crippen molar-refractivity contribution < 1.29 is 4.74 Å². The van der Waals surface area contributed by atoms with Crippen LogP contribution in [0, 0.1) is 0 Å². The molecule has 4 rings (SSSR count). The van der Waals surface area contributed by atoms with Crippen LogP contribution in [0.2, 0.25) is 0 Å². The van der Waals surface area contributed by atoms with Gasteiger partial charge in [-0.3, -0.25) is 4.68 Å². The second-order valence-electron chi connectivity index (χ2n) is 7.22. The van der Waals surface area contributed by atoms with Crippen molar-refractivity contribution in [3.63, 3.8) is 0 Å². The third-order valence-corrected chi connectivity index (χ3v) is 4.81. The molecular formula is C22H25N7O. The first-order chi connectivity index (χ1) is 14.6. The standard InChI is InChI=1S/C22H25N7O/c1-5-30-22-15(8-6-9-25-22)16-12-27-21-18(19(14(2)3)28-29(21)4)20(16)26-13-17-23-10-7-11-24-17/h6-12,14H,5,13H2,1-4H3,(H,26,27). The summed E-state index contributed by atoms with van der Waals surface area (Å²) < 4.78 is 7.62. The fourth-order valence-electron chi connectivity index (χ4n) is 3.48. The maximum Gasteiger partial charge on any atom is 0.221 e. The van der Waals surface area contributed by atoms with Crippen LogP contribution < -0.4 is 10.1 Å². The minimum atomic E-state index is 0.236. The predicted molar refractivity (Wildman–Crippen MR) is 116 cm³/mol. The summed E-state index contributed by atoms with van der Waals surface area (Å²) in [5.41, 5.74) is 4.52. The van der Waals surface area contributed by atoms with Gasteiger partial charge >= 0.3 is 0 Å². The monoisotopic (exact) mass is 403 g/mol. The lowest BCUT2D eigenvalue weighted by atomic mass is 10.0. The number of anilines is 1. The largest absolute Gasteiger partial charge is 0.478 e. The zero-order chi connectivity index (χ0) is 21.1. The molecule has 30 heavy (non-hydrogen) atoms. The Labute approximate surface area is 175 Å². The summed E-state index contributed by atoms with van der Waals surface area (Å²) >= 11 is 0. The topological polar surface area (TPSA) is 90.6 Å². The minimum absolute atomic E-state index is 0.236. The average Bonchev–Trinajstić information content (AvgIpc) is 3.11. The first kappa shape index (κ1) is 19.8. The van der Waals surface area contributed by atoms with E-state index in [-0.39, 0.29) is 5.92 Å². The van der Waals surface area contributed by atoms with E-state index in [0.29, 0.717) is 24.9 Å². The highest BCUT2D eigenvalue weighted by atomic mass is 16.5. The van der Waals surface area contributed by atoms with Gasteiger partial charge in [-0.1, -0.05) is 13.8 Å². The molecule has 0 bridgehead atoms. The molecule has 0 fully saturated rings. The molecule has 0 aliphatic rings. The summed E-state index contributed by atoms with van der Waals surface area (Å²) in [4.78, 5) is 17.8. The van der Waals surface area contributed by atoms with E-state index in [1.165, 1.54) is 0 Å². The van der Waals surface area contributed by atoms with Crippen molar-refractivity contribution in [3.8, 4) is 17.0 Å². The third-order valence-electron chi connectivity index (χ3n) is 4.81. The van der Waals surface area contributed by atoms with Gasteiger partial charge in [0.1, 0.15) is 5.82 Å². The second kappa shape index (κ2) is 8.44. The summed E-state index contributed by atoms with van der Waals surface area (Å²) in [5, 5.41) is 9.27. The Balaban J connectivity index is 1.92. The molecule has 4 heterocycles. The second-order valence-corrected chi connectivity index (χ2v) is 7.22. The predicted octanol–water partition coefficient (Wildman–Crippen LogP) is 3.95. The van der Waals surface area contributed by atoms with Crippen LogP contribution in [0.5, 0.6) is 5.88 Å². The molecule has 4 aromatic heterocycles. The molecule has 8 heteroatoms. The number of rotatable bonds is 7. The van der Waals surface area contributed by atoms with Gasteiger partial charge in [-0.2, -0.15) is 5.10 Å². The molecule has 0 saturated carbocycles. The van der Waals surface area contributed by atoms with E-state index in [1.54, 1.807) is 18.6 Å². The maximum atomic E-state index is 5.79. The lowest BCUT2D eigenvalue weighted by Crippen LogP contribution is -2.07. The molecule has 1 N–H and O–H groups in total. The zero-order valence-corrected chi connectivity index (χ0v) is 17.6. The van der Waals surface area contributed by atoms with Gasteiger partial charge in [0.15, 0.2) is 5.65 Å². The molecule has 0 amide bonds. The van der Waals surface area contributed by atoms with E-state index in [1.807, 2.05) is 43.0 Å². The number of nitrogens with one attached hydrogen (secondary N) is 1. The van der Waals surface area contributed by atoms with E-state index < -0.39 is 0 Å². The van der Waals surface area contributed by atoms with Crippen LogP contribution in [-0.4, -0.2) is 36.3 Å². The van der Waals surface area contributed by atoms with Crippen LogP contribution in [0.3, 0.4) is 0 Å². The van der Waals surface area contributed by atoms with Crippen LogP contribution in [0.4, 0.5) is 5.69 Å². The summed E-state index contributed by atoms with van der Waals surface area (Å²) in [7, 11) is 1.92. The molecule has 0 saturated heterocycles. The molecule has 0 spiro atoms. The van der Waals surface area contributed by atoms with E-state index in [4.69, 9.17) is 14.8 Å². The van der Waals surface area contributed by atoms with Crippen molar-refractivity contribution in [2.24, 2.45) is 7.05 Å². The molecular weight excluding hydrogens is 378 g/mol. The molecule has 0 aliphatic heterocycles. The third kappa shape index (κ3) is 3.68. The first-order valence-electron chi connectivity index (χ1n) is 10.0. The first-order valence-corrected chi connectivity index (χ1v) is 10.0. The number of fused-ring (bicyclic) bond motifs is 1. The SMILES string of the molecule is CCOc1ncccc1-c1cnc2c(c(C(C)C)nn2C)c1NCc1ncccn1. The van der Waals surface area contributed by atoms with Crippen molar-refractivity contribution in [2.45, 2.75) is 33.2 Å². The number of nitrogens with zero attached hydrogens (tertiary/aromatic N) is 6. The highest BCUT2D eigenvalue weighted by molar-refractivity contribution is 6.00. The summed E-state index contributed by atoms with van der Waals surface area (Å²) in [5.74, 6) is 1.52. The van der Waals surface area contributed by atoms with Crippen molar-refractivity contribution in [1.29, 1.82) is 0 Å². The van der Waals surface area contributed by atoms with Crippen molar-refractivity contribution in [1.82, 2.24) is 29.7 Å². The van der Waals surface area contributed by atoms with Crippen molar-refractivity contribution in [2.75, 3.05) is 11.9 Å². The van der Waals surface area contributed by atoms with E-state index in [9.17, 15) is 0 Å². The van der Waals surface area contributed by atoms with Crippen LogP contribution in [0.15, 0.2) is 43.0 Å². The van der Waals surface area contributed by atoms with Gasteiger partial charge in [0, 0.05) is 43.0 Å². The number of pyridine rings is 2. The highest BCUT2D eigenvalue weighted by Crippen LogP contribution is 2.40. The van der Waals surface area contributed by atoms with Gasteiger partial charge in [-0.15, -0.1) is 0 Å². The number of ether oxygens (including phenoxy) is 1. The molecule has 0 aliphatic carbocycles. The molecule has 4 aromatic rings. The fourth-order valence-corrected chi connectivity index (χ4v) is 3.48. The van der Waals surface area contributed by atoms with Gasteiger partial charge in [0.2, 0.25) is 5.88 Å². The smallest absolute Gasteiger partial charge is 0.221 e. The summed E-state index contributed by atoms with van der Waals surface area (Å²) in [6.45, 7) is 7.22. The molecule has 0 atom stereocenters. The lowest BCUT2D eigenvalue weighted by molar-refractivity contribution is 0.328. The molecule has 0 unspecified atom stereocenters. The normalized spacial score (nSPS) is 11.2. The van der Waals surface area contributed by atoms with E-state index in [2.05, 4.69) is 34.1 Å². The maximum absolute atomic E-state index is 5.79. The Bertz CT molecular complexity index is 1160. The van der Waals surface area contributed by atoms with Crippen LogP contribution >= 0.6 is 0 Å². The van der Waals surface area contributed by atoms with Crippen LogP contribution in [-0.2, 0) is 13.6 Å². The van der Waals surface area contributed by atoms with Crippen LogP contribution in [0.1, 0.15) is 38.2 Å². The van der Waals surface area contributed by atoms with Gasteiger partial charge in [-0.05, 0) is 31.0 Å². The molecule has 0 radical (unpaired) electrons. The number of aromatic nitrogens is 6. The summed E-state index contributed by atoms with van der Waals surface area (Å²) in [6.07, 6.45) is 7.06. The Morgan fingerprint density at radius 3 is 2.53 bits per heavy atom. The van der Waals surface area contributed by atoms with Gasteiger partial charge in [0.05, 0.1) is 29.9 Å². The van der Waals surface area contributed by atoms with Gasteiger partial charge in [0.25, 0.3) is 0 Å². The highest BCUT2D eigenvalue weighted by Gasteiger charge is 2.22. The number of aryl methyl sites for hydroxylation is 1. The number of hydrogen-bond donors (Lipinski definition) is 1. The molecule has 0 aromatic carbocycles. The summed E-state index contributed by atoms with van der Waals surface area (Å²) in [6, 6.07) is 5.71. The van der Waals surface area contributed by atoms with Crippen molar-refractivity contribution >= 4 is 16.7 Å². The van der Waals surface area contributed by atoms with Gasteiger partial charge in [-0.25, -0.2) is 19.9 Å². The van der Waals surface area contributed by atoms with Crippen molar-refractivity contribution in [3.05, 3.63) is 54.5 Å².